The Balaban J connectivity index is 1.81. The highest BCUT2D eigenvalue weighted by Crippen LogP contribution is 2.27. The third-order valence-corrected chi connectivity index (χ3v) is 6.56. The van der Waals surface area contributed by atoms with Crippen molar-refractivity contribution in [2.45, 2.75) is 12.5 Å². The number of thiophene rings is 1. The largest absolute Gasteiger partial charge is 0.344 e. The Morgan fingerprint density at radius 1 is 1.18 bits per heavy atom. The fourth-order valence-corrected chi connectivity index (χ4v) is 5.23. The van der Waals surface area contributed by atoms with Crippen LogP contribution in [0, 0.1) is 5.92 Å². The molecular weight excluding hydrogens is 318 g/mol. The highest BCUT2D eigenvalue weighted by Gasteiger charge is 2.34. The molecule has 2 unspecified atom stereocenters. The van der Waals surface area contributed by atoms with E-state index >= 15 is 0 Å². The number of hydrogen-bond acceptors (Lipinski definition) is 4. The Labute approximate surface area is 134 Å². The van der Waals surface area contributed by atoms with Crippen LogP contribution in [-0.4, -0.2) is 25.8 Å². The van der Waals surface area contributed by atoms with E-state index in [-0.39, 0.29) is 23.5 Å². The zero-order valence-electron chi connectivity index (χ0n) is 11.9. The predicted octanol–water partition coefficient (Wildman–Crippen LogP) is 2.39. The first-order chi connectivity index (χ1) is 10.6. The molecule has 2 heterocycles. The molecule has 0 bridgehead atoms. The minimum Gasteiger partial charge on any atom is -0.344 e. The average Bonchev–Trinajstić information content (AvgIpc) is 3.15. The number of carbonyl (C=O) groups excluding carboxylic acids is 1. The van der Waals surface area contributed by atoms with E-state index in [2.05, 4.69) is 5.32 Å². The zero-order chi connectivity index (χ0) is 15.6. The Hall–Kier alpha value is -1.66. The molecule has 6 heteroatoms. The van der Waals surface area contributed by atoms with E-state index < -0.39 is 15.8 Å². The number of amides is 1. The van der Waals surface area contributed by atoms with E-state index in [0.717, 1.165) is 10.4 Å². The van der Waals surface area contributed by atoms with E-state index in [9.17, 15) is 13.2 Å². The van der Waals surface area contributed by atoms with Crippen LogP contribution in [0.4, 0.5) is 0 Å². The SMILES string of the molecule is O=C(NC(c1ccccc1)c1cccs1)C1CCS(=O)(=O)C1. The number of rotatable bonds is 4. The first-order valence-electron chi connectivity index (χ1n) is 7.14. The van der Waals surface area contributed by atoms with Crippen LogP contribution in [0.25, 0.3) is 0 Å². The lowest BCUT2D eigenvalue weighted by molar-refractivity contribution is -0.124. The summed E-state index contributed by atoms with van der Waals surface area (Å²) in [7, 11) is -3.05. The molecule has 1 amide bonds. The van der Waals surface area contributed by atoms with Gasteiger partial charge < -0.3 is 5.32 Å². The molecule has 1 aliphatic rings. The molecular formula is C16H17NO3S2. The van der Waals surface area contributed by atoms with Crippen LogP contribution in [0.2, 0.25) is 0 Å². The van der Waals surface area contributed by atoms with Crippen LogP contribution in [-0.2, 0) is 14.6 Å². The lowest BCUT2D eigenvalue weighted by Gasteiger charge is -2.20. The van der Waals surface area contributed by atoms with Crippen LogP contribution in [0.3, 0.4) is 0 Å². The highest BCUT2D eigenvalue weighted by atomic mass is 32.2. The van der Waals surface area contributed by atoms with Gasteiger partial charge in [-0.05, 0) is 23.4 Å². The molecule has 0 spiro atoms. The molecule has 0 saturated carbocycles. The van der Waals surface area contributed by atoms with Crippen molar-refractivity contribution >= 4 is 27.1 Å². The zero-order valence-corrected chi connectivity index (χ0v) is 13.6. The van der Waals surface area contributed by atoms with Gasteiger partial charge in [-0.2, -0.15) is 0 Å². The molecule has 2 atom stereocenters. The summed E-state index contributed by atoms with van der Waals surface area (Å²) in [6, 6.07) is 13.4. The molecule has 0 aliphatic carbocycles. The van der Waals surface area contributed by atoms with E-state index in [1.165, 1.54) is 0 Å². The number of sulfone groups is 1. The van der Waals surface area contributed by atoms with Crippen molar-refractivity contribution in [2.24, 2.45) is 5.92 Å². The summed E-state index contributed by atoms with van der Waals surface area (Å²) in [5.41, 5.74) is 0.999. The van der Waals surface area contributed by atoms with Crippen molar-refractivity contribution in [1.82, 2.24) is 5.32 Å². The summed E-state index contributed by atoms with van der Waals surface area (Å²) in [5, 5.41) is 4.99. The molecule has 2 aromatic rings. The summed E-state index contributed by atoms with van der Waals surface area (Å²) >= 11 is 1.58. The molecule has 1 aliphatic heterocycles. The van der Waals surface area contributed by atoms with Crippen molar-refractivity contribution in [3.8, 4) is 0 Å². The van der Waals surface area contributed by atoms with Crippen LogP contribution < -0.4 is 5.32 Å². The average molecular weight is 335 g/mol. The summed E-state index contributed by atoms with van der Waals surface area (Å²) in [6.45, 7) is 0. The highest BCUT2D eigenvalue weighted by molar-refractivity contribution is 7.91. The smallest absolute Gasteiger partial charge is 0.224 e. The lowest BCUT2D eigenvalue weighted by atomic mass is 10.0. The lowest BCUT2D eigenvalue weighted by Crippen LogP contribution is -2.34. The number of nitrogens with one attached hydrogen (secondary N) is 1. The minimum absolute atomic E-state index is 0.0369. The topological polar surface area (TPSA) is 63.2 Å². The van der Waals surface area contributed by atoms with Gasteiger partial charge in [0.05, 0.1) is 23.5 Å². The molecule has 1 N–H and O–H groups in total. The molecule has 0 radical (unpaired) electrons. The van der Waals surface area contributed by atoms with Gasteiger partial charge in [-0.1, -0.05) is 36.4 Å². The van der Waals surface area contributed by atoms with Crippen molar-refractivity contribution in [1.29, 1.82) is 0 Å². The van der Waals surface area contributed by atoms with Gasteiger partial charge in [0.2, 0.25) is 5.91 Å². The third kappa shape index (κ3) is 3.39. The standard InChI is InChI=1S/C16H17NO3S2/c18-16(13-8-10-22(19,20)11-13)17-15(14-7-4-9-21-14)12-5-2-1-3-6-12/h1-7,9,13,15H,8,10-11H2,(H,17,18). The van der Waals surface area contributed by atoms with Gasteiger partial charge in [-0.15, -0.1) is 11.3 Å². The Bertz CT molecular complexity index is 739. The van der Waals surface area contributed by atoms with Gasteiger partial charge in [-0.3, -0.25) is 4.79 Å². The fourth-order valence-electron chi connectivity index (χ4n) is 2.68. The number of benzene rings is 1. The Morgan fingerprint density at radius 3 is 2.55 bits per heavy atom. The maximum atomic E-state index is 12.4. The van der Waals surface area contributed by atoms with Crippen molar-refractivity contribution < 1.29 is 13.2 Å². The number of hydrogen-bond donors (Lipinski definition) is 1. The van der Waals surface area contributed by atoms with Gasteiger partial charge in [-0.25, -0.2) is 8.42 Å². The minimum atomic E-state index is -3.05. The molecule has 1 aromatic heterocycles. The Morgan fingerprint density at radius 2 is 1.95 bits per heavy atom. The van der Waals surface area contributed by atoms with Gasteiger partial charge in [0, 0.05) is 4.88 Å². The molecule has 116 valence electrons. The molecule has 4 nitrogen and oxygen atoms in total. The molecule has 1 aromatic carbocycles. The normalized spacial score (nSPS) is 21.4. The van der Waals surface area contributed by atoms with Crippen LogP contribution >= 0.6 is 11.3 Å². The van der Waals surface area contributed by atoms with Crippen LogP contribution in [0.5, 0.6) is 0 Å². The fraction of sp³-hybridized carbons (Fsp3) is 0.312. The molecule has 1 fully saturated rings. The van der Waals surface area contributed by atoms with E-state index in [1.807, 2.05) is 47.8 Å². The quantitative estimate of drug-likeness (QED) is 0.933. The second-order valence-corrected chi connectivity index (χ2v) is 8.68. The maximum Gasteiger partial charge on any atom is 0.224 e. The number of carbonyl (C=O) groups is 1. The third-order valence-electron chi connectivity index (χ3n) is 3.85. The summed E-state index contributed by atoms with van der Waals surface area (Å²) < 4.78 is 23.1. The first kappa shape index (κ1) is 15.2. The van der Waals surface area contributed by atoms with Gasteiger partial charge in [0.1, 0.15) is 0 Å². The molecule has 22 heavy (non-hydrogen) atoms. The summed E-state index contributed by atoms with van der Waals surface area (Å²) in [6.07, 6.45) is 0.417. The monoisotopic (exact) mass is 335 g/mol. The van der Waals surface area contributed by atoms with E-state index in [1.54, 1.807) is 11.3 Å². The van der Waals surface area contributed by atoms with Gasteiger partial charge in [0.25, 0.3) is 0 Å². The van der Waals surface area contributed by atoms with Crippen LogP contribution in [0.1, 0.15) is 22.9 Å². The second kappa shape index (κ2) is 6.22. The second-order valence-electron chi connectivity index (χ2n) is 5.47. The van der Waals surface area contributed by atoms with Crippen molar-refractivity contribution in [3.05, 3.63) is 58.3 Å². The predicted molar refractivity (Wildman–Crippen MR) is 87.5 cm³/mol. The summed E-state index contributed by atoms with van der Waals surface area (Å²) in [5.74, 6) is -0.537. The van der Waals surface area contributed by atoms with E-state index in [4.69, 9.17) is 0 Å². The molecule has 3 rings (SSSR count). The maximum absolute atomic E-state index is 12.4. The molecule has 1 saturated heterocycles. The van der Waals surface area contributed by atoms with E-state index in [0.29, 0.717) is 6.42 Å². The van der Waals surface area contributed by atoms with Crippen molar-refractivity contribution in [3.63, 3.8) is 0 Å². The summed E-state index contributed by atoms with van der Waals surface area (Å²) in [4.78, 5) is 13.5. The van der Waals surface area contributed by atoms with Crippen LogP contribution in [0.15, 0.2) is 47.8 Å². The van der Waals surface area contributed by atoms with Gasteiger partial charge >= 0.3 is 0 Å². The first-order valence-corrected chi connectivity index (χ1v) is 9.84. The van der Waals surface area contributed by atoms with Crippen molar-refractivity contribution in [2.75, 3.05) is 11.5 Å². The Kier molecular flexibility index (Phi) is 4.31. The van der Waals surface area contributed by atoms with Gasteiger partial charge in [0.15, 0.2) is 9.84 Å².